The molecule has 1 aromatic rings. The second kappa shape index (κ2) is 6.04. The number of nitrogens with two attached hydrogens (primary N) is 1. The molecule has 2 rings (SSSR count). The maximum Gasteiger partial charge on any atom is 0.410 e. The van der Waals surface area contributed by atoms with E-state index in [9.17, 15) is 9.90 Å². The number of rotatable bonds is 2. The Morgan fingerprint density at radius 3 is 2.84 bits per heavy atom. The molecular formula is C14H20N2O3. The molecule has 1 aliphatic heterocycles. The van der Waals surface area contributed by atoms with Crippen molar-refractivity contribution < 1.29 is 14.6 Å². The Kier molecular flexibility index (Phi) is 4.39. The summed E-state index contributed by atoms with van der Waals surface area (Å²) in [6.07, 6.45) is -0.496. The summed E-state index contributed by atoms with van der Waals surface area (Å²) in [4.78, 5) is 13.5. The van der Waals surface area contributed by atoms with E-state index in [0.29, 0.717) is 6.42 Å². The van der Waals surface area contributed by atoms with Crippen molar-refractivity contribution in [2.75, 3.05) is 6.54 Å². The number of piperidine rings is 1. The molecule has 0 saturated carbocycles. The Labute approximate surface area is 113 Å². The Morgan fingerprint density at radius 2 is 2.16 bits per heavy atom. The lowest BCUT2D eigenvalue weighted by Gasteiger charge is -2.38. The van der Waals surface area contributed by atoms with E-state index >= 15 is 0 Å². The number of benzene rings is 1. The molecule has 1 heterocycles. The third-order valence-corrected chi connectivity index (χ3v) is 3.46. The number of hydrogen-bond acceptors (Lipinski definition) is 4. The van der Waals surface area contributed by atoms with Gasteiger partial charge in [-0.2, -0.15) is 0 Å². The van der Waals surface area contributed by atoms with Gasteiger partial charge in [0.25, 0.3) is 0 Å². The standard InChI is InChI=1S/C14H20N2O3/c1-10-7-12(15)13(17)8-16(10)14(18)19-9-11-5-3-2-4-6-11/h2-6,10,12-13,17H,7-9,15H2,1H3. The highest BCUT2D eigenvalue weighted by molar-refractivity contribution is 5.68. The number of amides is 1. The molecule has 1 saturated heterocycles. The minimum absolute atomic E-state index is 0.0123. The van der Waals surface area contributed by atoms with Gasteiger partial charge in [0.1, 0.15) is 6.61 Å². The van der Waals surface area contributed by atoms with Crippen molar-refractivity contribution in [3.8, 4) is 0 Å². The fourth-order valence-electron chi connectivity index (χ4n) is 2.25. The van der Waals surface area contributed by atoms with Gasteiger partial charge in [0.2, 0.25) is 0 Å². The summed E-state index contributed by atoms with van der Waals surface area (Å²) in [6.45, 7) is 2.39. The van der Waals surface area contributed by atoms with Crippen molar-refractivity contribution in [3.63, 3.8) is 0 Å². The lowest BCUT2D eigenvalue weighted by molar-refractivity contribution is 0.0144. The Morgan fingerprint density at radius 1 is 1.47 bits per heavy atom. The maximum absolute atomic E-state index is 12.0. The van der Waals surface area contributed by atoms with Crippen LogP contribution in [0.3, 0.4) is 0 Å². The van der Waals surface area contributed by atoms with Gasteiger partial charge in [0.15, 0.2) is 0 Å². The van der Waals surface area contributed by atoms with Gasteiger partial charge in [-0.3, -0.25) is 0 Å². The summed E-state index contributed by atoms with van der Waals surface area (Å²) < 4.78 is 5.26. The smallest absolute Gasteiger partial charge is 0.410 e. The van der Waals surface area contributed by atoms with Crippen molar-refractivity contribution in [1.82, 2.24) is 4.90 Å². The highest BCUT2D eigenvalue weighted by Gasteiger charge is 2.33. The SMILES string of the molecule is CC1CC(N)C(O)CN1C(=O)OCc1ccccc1. The highest BCUT2D eigenvalue weighted by atomic mass is 16.6. The Balaban J connectivity index is 1.89. The maximum atomic E-state index is 12.0. The number of carbonyl (C=O) groups excluding carboxylic acids is 1. The summed E-state index contributed by atoms with van der Waals surface area (Å²) in [6, 6.07) is 9.23. The highest BCUT2D eigenvalue weighted by Crippen LogP contribution is 2.18. The molecule has 5 nitrogen and oxygen atoms in total. The molecule has 0 spiro atoms. The number of likely N-dealkylation sites (tertiary alicyclic amines) is 1. The zero-order chi connectivity index (χ0) is 13.8. The van der Waals surface area contributed by atoms with Crippen LogP contribution in [0, 0.1) is 0 Å². The third kappa shape index (κ3) is 3.45. The van der Waals surface area contributed by atoms with Crippen molar-refractivity contribution in [2.45, 2.75) is 38.1 Å². The molecule has 5 heteroatoms. The Hall–Kier alpha value is -1.59. The fraction of sp³-hybridized carbons (Fsp3) is 0.500. The van der Waals surface area contributed by atoms with Crippen molar-refractivity contribution in [2.24, 2.45) is 5.73 Å². The molecular weight excluding hydrogens is 244 g/mol. The molecule has 1 aromatic carbocycles. The topological polar surface area (TPSA) is 75.8 Å². The van der Waals surface area contributed by atoms with Crippen LogP contribution in [0.15, 0.2) is 30.3 Å². The van der Waals surface area contributed by atoms with Crippen LogP contribution in [0.2, 0.25) is 0 Å². The lowest BCUT2D eigenvalue weighted by Crippen LogP contribution is -2.56. The summed E-state index contributed by atoms with van der Waals surface area (Å²) in [5.74, 6) is 0. The van der Waals surface area contributed by atoms with Crippen molar-refractivity contribution >= 4 is 6.09 Å². The predicted octanol–water partition coefficient (Wildman–Crippen LogP) is 1.11. The van der Waals surface area contributed by atoms with E-state index in [1.807, 2.05) is 37.3 Å². The molecule has 0 aromatic heterocycles. The number of hydrogen-bond donors (Lipinski definition) is 2. The molecule has 0 bridgehead atoms. The average Bonchev–Trinajstić information content (AvgIpc) is 2.41. The van der Waals surface area contributed by atoms with Crippen LogP contribution >= 0.6 is 0 Å². The van der Waals surface area contributed by atoms with Crippen molar-refractivity contribution in [1.29, 1.82) is 0 Å². The van der Waals surface area contributed by atoms with Crippen molar-refractivity contribution in [3.05, 3.63) is 35.9 Å². The van der Waals surface area contributed by atoms with E-state index in [4.69, 9.17) is 10.5 Å². The van der Waals surface area contributed by atoms with Gasteiger partial charge in [0.05, 0.1) is 12.6 Å². The molecule has 1 aliphatic rings. The molecule has 19 heavy (non-hydrogen) atoms. The van der Waals surface area contributed by atoms with E-state index in [1.165, 1.54) is 4.90 Å². The lowest BCUT2D eigenvalue weighted by atomic mass is 9.97. The second-order valence-corrected chi connectivity index (χ2v) is 5.01. The normalized spacial score (nSPS) is 27.1. The zero-order valence-corrected chi connectivity index (χ0v) is 11.0. The molecule has 3 unspecified atom stereocenters. The minimum atomic E-state index is -0.680. The first-order valence-electron chi connectivity index (χ1n) is 6.49. The number of aliphatic hydroxyl groups is 1. The van der Waals surface area contributed by atoms with Gasteiger partial charge in [-0.05, 0) is 18.9 Å². The number of β-amino-alcohol motifs (C(OH)–C–C–N with tert-alkyl or cyclic N) is 1. The van der Waals surface area contributed by atoms with Crippen LogP contribution in [-0.4, -0.2) is 40.8 Å². The monoisotopic (exact) mass is 264 g/mol. The molecule has 0 aliphatic carbocycles. The van der Waals surface area contributed by atoms with Crippen LogP contribution in [0.5, 0.6) is 0 Å². The van der Waals surface area contributed by atoms with Gasteiger partial charge in [-0.1, -0.05) is 30.3 Å². The average molecular weight is 264 g/mol. The van der Waals surface area contributed by atoms with Crippen LogP contribution in [0.25, 0.3) is 0 Å². The van der Waals surface area contributed by atoms with Crippen LogP contribution in [0.4, 0.5) is 4.79 Å². The first-order chi connectivity index (χ1) is 9.08. The minimum Gasteiger partial charge on any atom is -0.445 e. The van der Waals surface area contributed by atoms with Gasteiger partial charge >= 0.3 is 6.09 Å². The van der Waals surface area contributed by atoms with Gasteiger partial charge < -0.3 is 20.5 Å². The summed E-state index contributed by atoms with van der Waals surface area (Å²) >= 11 is 0. The quantitative estimate of drug-likeness (QED) is 0.839. The number of carbonyl (C=O) groups is 1. The van der Waals surface area contributed by atoms with Crippen LogP contribution < -0.4 is 5.73 Å². The summed E-state index contributed by atoms with van der Waals surface area (Å²) in [5.41, 5.74) is 6.71. The van der Waals surface area contributed by atoms with E-state index < -0.39 is 12.2 Å². The first-order valence-corrected chi connectivity index (χ1v) is 6.49. The van der Waals surface area contributed by atoms with Crippen LogP contribution in [-0.2, 0) is 11.3 Å². The van der Waals surface area contributed by atoms with E-state index in [2.05, 4.69) is 0 Å². The number of ether oxygens (including phenoxy) is 1. The number of nitrogens with zero attached hydrogens (tertiary/aromatic N) is 1. The van der Waals surface area contributed by atoms with Gasteiger partial charge in [0, 0.05) is 12.1 Å². The molecule has 3 N–H and O–H groups in total. The van der Waals surface area contributed by atoms with Gasteiger partial charge in [-0.15, -0.1) is 0 Å². The van der Waals surface area contributed by atoms with E-state index in [-0.39, 0.29) is 25.2 Å². The second-order valence-electron chi connectivity index (χ2n) is 5.01. The fourth-order valence-corrected chi connectivity index (χ4v) is 2.25. The van der Waals surface area contributed by atoms with E-state index in [0.717, 1.165) is 5.56 Å². The summed E-state index contributed by atoms with van der Waals surface area (Å²) in [5, 5.41) is 9.73. The summed E-state index contributed by atoms with van der Waals surface area (Å²) in [7, 11) is 0. The molecule has 104 valence electrons. The molecule has 0 radical (unpaired) electrons. The zero-order valence-electron chi connectivity index (χ0n) is 11.0. The largest absolute Gasteiger partial charge is 0.445 e. The predicted molar refractivity (Wildman–Crippen MR) is 71.4 cm³/mol. The first kappa shape index (κ1) is 13.8. The molecule has 3 atom stereocenters. The van der Waals surface area contributed by atoms with E-state index in [1.54, 1.807) is 0 Å². The molecule has 1 amide bonds. The molecule has 1 fully saturated rings. The van der Waals surface area contributed by atoms with Crippen LogP contribution in [0.1, 0.15) is 18.9 Å². The third-order valence-electron chi connectivity index (χ3n) is 3.46. The number of aliphatic hydroxyl groups excluding tert-OH is 1. The van der Waals surface area contributed by atoms with Gasteiger partial charge in [-0.25, -0.2) is 4.79 Å². The Bertz CT molecular complexity index is 424.